The highest BCUT2D eigenvalue weighted by atomic mass is 16.5. The molecule has 0 unspecified atom stereocenters. The summed E-state index contributed by atoms with van der Waals surface area (Å²) in [7, 11) is 0. The first-order chi connectivity index (χ1) is 12.3. The van der Waals surface area contributed by atoms with Crippen LogP contribution in [0.15, 0.2) is 4.52 Å². The Morgan fingerprint density at radius 2 is 1.84 bits per heavy atom. The van der Waals surface area contributed by atoms with Crippen molar-refractivity contribution in [2.24, 2.45) is 5.92 Å². The van der Waals surface area contributed by atoms with E-state index in [9.17, 15) is 4.79 Å². The summed E-state index contributed by atoms with van der Waals surface area (Å²) in [4.78, 5) is 19.1. The van der Waals surface area contributed by atoms with Gasteiger partial charge in [-0.25, -0.2) is 0 Å². The lowest BCUT2D eigenvalue weighted by molar-refractivity contribution is -0.123. The highest BCUT2D eigenvalue weighted by molar-refractivity contribution is 5.76. The van der Waals surface area contributed by atoms with Gasteiger partial charge in [0.15, 0.2) is 5.82 Å². The number of amides is 1. The molecule has 0 radical (unpaired) electrons. The largest absolute Gasteiger partial charge is 0.353 e. The van der Waals surface area contributed by atoms with Gasteiger partial charge in [0.05, 0.1) is 6.54 Å². The van der Waals surface area contributed by atoms with Gasteiger partial charge < -0.3 is 9.84 Å². The van der Waals surface area contributed by atoms with Gasteiger partial charge in [-0.05, 0) is 44.4 Å². The number of rotatable bonds is 6. The summed E-state index contributed by atoms with van der Waals surface area (Å²) in [6.45, 7) is 2.74. The predicted octanol–water partition coefficient (Wildman–Crippen LogP) is 3.00. The minimum absolute atomic E-state index is 0.262. The molecule has 2 heterocycles. The van der Waals surface area contributed by atoms with E-state index in [1.165, 1.54) is 44.9 Å². The van der Waals surface area contributed by atoms with Crippen molar-refractivity contribution in [1.82, 2.24) is 20.4 Å². The van der Waals surface area contributed by atoms with Crippen molar-refractivity contribution in [3.8, 4) is 0 Å². The van der Waals surface area contributed by atoms with Gasteiger partial charge in [-0.2, -0.15) is 4.98 Å². The van der Waals surface area contributed by atoms with Gasteiger partial charge in [0.1, 0.15) is 0 Å². The summed E-state index contributed by atoms with van der Waals surface area (Å²) >= 11 is 0. The number of carbonyl (C=O) groups excluding carboxylic acids is 1. The molecule has 6 heteroatoms. The number of hydrogen-bond acceptors (Lipinski definition) is 5. The summed E-state index contributed by atoms with van der Waals surface area (Å²) in [5, 5.41) is 7.37. The van der Waals surface area contributed by atoms with Crippen LogP contribution in [0.2, 0.25) is 0 Å². The Balaban J connectivity index is 1.16. The second-order valence-corrected chi connectivity index (χ2v) is 8.15. The summed E-state index contributed by atoms with van der Waals surface area (Å²) in [6, 6.07) is 0.333. The van der Waals surface area contributed by atoms with Crippen LogP contribution >= 0.6 is 0 Å². The maximum absolute atomic E-state index is 12.3. The molecule has 3 aliphatic rings. The lowest BCUT2D eigenvalue weighted by atomic mass is 9.86. The first-order valence-corrected chi connectivity index (χ1v) is 10.1. The quantitative estimate of drug-likeness (QED) is 0.857. The second kappa shape index (κ2) is 7.85. The Morgan fingerprint density at radius 1 is 1.08 bits per heavy atom. The maximum atomic E-state index is 12.3. The molecule has 138 valence electrons. The number of nitrogens with zero attached hydrogens (tertiary/aromatic N) is 3. The van der Waals surface area contributed by atoms with E-state index in [1.807, 2.05) is 0 Å². The van der Waals surface area contributed by atoms with Crippen molar-refractivity contribution in [3.05, 3.63) is 11.7 Å². The summed E-state index contributed by atoms with van der Waals surface area (Å²) in [5.74, 6) is 3.03. The second-order valence-electron chi connectivity index (χ2n) is 8.15. The highest BCUT2D eigenvalue weighted by Gasteiger charge is 2.30. The van der Waals surface area contributed by atoms with E-state index in [-0.39, 0.29) is 5.91 Å². The normalized spacial score (nSPS) is 23.7. The summed E-state index contributed by atoms with van der Waals surface area (Å²) in [5.41, 5.74) is 0. The number of likely N-dealkylation sites (tertiary alicyclic amines) is 1. The monoisotopic (exact) mass is 346 g/mol. The SMILES string of the molecule is O=C(CC1CCCCC1)NC1CCN(Cc2noc(C3CC3)n2)CC1. The van der Waals surface area contributed by atoms with E-state index in [2.05, 4.69) is 20.4 Å². The molecule has 1 amide bonds. The number of aromatic nitrogens is 2. The van der Waals surface area contributed by atoms with Gasteiger partial charge in [0, 0.05) is 31.5 Å². The van der Waals surface area contributed by atoms with E-state index in [0.29, 0.717) is 17.9 Å². The fourth-order valence-electron chi connectivity index (χ4n) is 4.20. The van der Waals surface area contributed by atoms with Gasteiger partial charge >= 0.3 is 0 Å². The van der Waals surface area contributed by atoms with E-state index in [4.69, 9.17) is 4.52 Å². The van der Waals surface area contributed by atoms with Crippen LogP contribution in [0.3, 0.4) is 0 Å². The van der Waals surface area contributed by atoms with Crippen molar-refractivity contribution in [3.63, 3.8) is 0 Å². The minimum atomic E-state index is 0.262. The highest BCUT2D eigenvalue weighted by Crippen LogP contribution is 2.38. The third-order valence-electron chi connectivity index (χ3n) is 5.93. The Kier molecular flexibility index (Phi) is 5.34. The Hall–Kier alpha value is -1.43. The van der Waals surface area contributed by atoms with E-state index in [1.54, 1.807) is 0 Å². The molecule has 0 bridgehead atoms. The molecule has 0 atom stereocenters. The smallest absolute Gasteiger partial charge is 0.229 e. The number of hydrogen-bond donors (Lipinski definition) is 1. The van der Waals surface area contributed by atoms with Gasteiger partial charge in [0.25, 0.3) is 0 Å². The first kappa shape index (κ1) is 17.0. The molecule has 1 aromatic heterocycles. The zero-order valence-electron chi connectivity index (χ0n) is 15.1. The molecule has 1 N–H and O–H groups in total. The molecule has 6 nitrogen and oxygen atoms in total. The van der Waals surface area contributed by atoms with E-state index < -0.39 is 0 Å². The van der Waals surface area contributed by atoms with Crippen LogP contribution in [0, 0.1) is 5.92 Å². The molecule has 0 aromatic carbocycles. The van der Waals surface area contributed by atoms with Crippen molar-refractivity contribution < 1.29 is 9.32 Å². The average molecular weight is 346 g/mol. The topological polar surface area (TPSA) is 71.3 Å². The molecule has 1 aliphatic heterocycles. The van der Waals surface area contributed by atoms with Crippen LogP contribution < -0.4 is 5.32 Å². The third kappa shape index (κ3) is 4.81. The molecular formula is C19H30N4O2. The molecule has 2 saturated carbocycles. The predicted molar refractivity (Wildman–Crippen MR) is 93.9 cm³/mol. The molecular weight excluding hydrogens is 316 g/mol. The molecule has 1 saturated heterocycles. The Bertz CT molecular complexity index is 570. The van der Waals surface area contributed by atoms with Gasteiger partial charge in [-0.3, -0.25) is 9.69 Å². The number of nitrogens with one attached hydrogen (secondary N) is 1. The van der Waals surface area contributed by atoms with Crippen LogP contribution in [-0.4, -0.2) is 40.1 Å². The Labute approximate surface area is 149 Å². The first-order valence-electron chi connectivity index (χ1n) is 10.1. The standard InChI is InChI=1S/C19H30N4O2/c24-18(12-14-4-2-1-3-5-14)20-16-8-10-23(11-9-16)13-17-21-19(25-22-17)15-6-7-15/h14-16H,1-13H2,(H,20,24). The van der Waals surface area contributed by atoms with Crippen LogP contribution in [0.1, 0.15) is 81.8 Å². The van der Waals surface area contributed by atoms with Gasteiger partial charge in [-0.15, -0.1) is 0 Å². The fourth-order valence-corrected chi connectivity index (χ4v) is 4.20. The number of carbonyl (C=O) groups is 1. The summed E-state index contributed by atoms with van der Waals surface area (Å²) < 4.78 is 5.33. The molecule has 3 fully saturated rings. The molecule has 4 rings (SSSR count). The van der Waals surface area contributed by atoms with Crippen molar-refractivity contribution >= 4 is 5.91 Å². The third-order valence-corrected chi connectivity index (χ3v) is 5.93. The van der Waals surface area contributed by atoms with Crippen LogP contribution in [0.25, 0.3) is 0 Å². The molecule has 25 heavy (non-hydrogen) atoms. The van der Waals surface area contributed by atoms with Crippen LogP contribution in [-0.2, 0) is 11.3 Å². The maximum Gasteiger partial charge on any atom is 0.229 e. The molecule has 0 spiro atoms. The Morgan fingerprint density at radius 3 is 2.56 bits per heavy atom. The van der Waals surface area contributed by atoms with Crippen molar-refractivity contribution in [1.29, 1.82) is 0 Å². The van der Waals surface area contributed by atoms with Gasteiger partial charge in [0.2, 0.25) is 11.8 Å². The van der Waals surface area contributed by atoms with Crippen molar-refractivity contribution in [2.45, 2.75) is 82.7 Å². The van der Waals surface area contributed by atoms with Crippen LogP contribution in [0.5, 0.6) is 0 Å². The molecule has 1 aromatic rings. The van der Waals surface area contributed by atoms with Crippen molar-refractivity contribution in [2.75, 3.05) is 13.1 Å². The fraction of sp³-hybridized carbons (Fsp3) is 0.842. The number of piperidine rings is 1. The van der Waals surface area contributed by atoms with Crippen LogP contribution in [0.4, 0.5) is 0 Å². The summed E-state index contributed by atoms with van der Waals surface area (Å²) in [6.07, 6.45) is 11.6. The minimum Gasteiger partial charge on any atom is -0.353 e. The average Bonchev–Trinajstić information content (AvgIpc) is 3.37. The lowest BCUT2D eigenvalue weighted by Gasteiger charge is -2.32. The zero-order valence-corrected chi connectivity index (χ0v) is 15.1. The molecule has 2 aliphatic carbocycles. The van der Waals surface area contributed by atoms with Gasteiger partial charge in [-0.1, -0.05) is 24.4 Å². The van der Waals surface area contributed by atoms with E-state index >= 15 is 0 Å². The lowest BCUT2D eigenvalue weighted by Crippen LogP contribution is -2.44. The zero-order chi connectivity index (χ0) is 17.1. The van der Waals surface area contributed by atoms with E-state index in [0.717, 1.165) is 50.6 Å².